The summed E-state index contributed by atoms with van der Waals surface area (Å²) < 4.78 is 7.91. The smallest absolute Gasteiger partial charge is 0.315 e. The molecular formula is C20H33N5O2. The zero-order chi connectivity index (χ0) is 18.9. The number of carbonyl (C=O) groups excluding carboxylic acids is 1. The van der Waals surface area contributed by atoms with Crippen LogP contribution in [-0.2, 0) is 11.8 Å². The van der Waals surface area contributed by atoms with Gasteiger partial charge in [-0.2, -0.15) is 5.10 Å². The van der Waals surface area contributed by atoms with Crippen LogP contribution in [0.15, 0.2) is 6.07 Å². The first kappa shape index (κ1) is 18.6. The standard InChI is InChI=1S/C20H33N5O2/c1-15-11-18(24(2)23-15)25-9-3-5-17(14-25)22-19(26)21-13-16-6-10-27-20(12-16)7-4-8-20/h11,16-17H,3-10,12-14H2,1-2H3,(H2,21,22,26). The number of nitrogens with one attached hydrogen (secondary N) is 2. The number of aryl methyl sites for hydroxylation is 2. The molecule has 3 heterocycles. The number of anilines is 1. The lowest BCUT2D eigenvalue weighted by molar-refractivity contribution is -0.142. The molecule has 2 unspecified atom stereocenters. The third-order valence-electron chi connectivity index (χ3n) is 6.47. The molecule has 0 radical (unpaired) electrons. The van der Waals surface area contributed by atoms with Gasteiger partial charge in [-0.15, -0.1) is 0 Å². The van der Waals surface area contributed by atoms with Gasteiger partial charge in [0.25, 0.3) is 0 Å². The summed E-state index contributed by atoms with van der Waals surface area (Å²) in [5.74, 6) is 1.68. The summed E-state index contributed by atoms with van der Waals surface area (Å²) in [6, 6.07) is 2.27. The monoisotopic (exact) mass is 375 g/mol. The van der Waals surface area contributed by atoms with Gasteiger partial charge in [0.15, 0.2) is 0 Å². The van der Waals surface area contributed by atoms with E-state index in [1.165, 1.54) is 19.3 Å². The molecule has 2 saturated heterocycles. The van der Waals surface area contributed by atoms with Gasteiger partial charge in [-0.05, 0) is 57.8 Å². The Morgan fingerprint density at radius 3 is 2.93 bits per heavy atom. The molecule has 27 heavy (non-hydrogen) atoms. The molecule has 4 rings (SSSR count). The highest BCUT2D eigenvalue weighted by Crippen LogP contribution is 2.44. The van der Waals surface area contributed by atoms with Crippen molar-refractivity contribution >= 4 is 11.8 Å². The summed E-state index contributed by atoms with van der Waals surface area (Å²) >= 11 is 0. The molecule has 1 aliphatic carbocycles. The number of rotatable bonds is 4. The average Bonchev–Trinajstić information content (AvgIpc) is 2.97. The highest BCUT2D eigenvalue weighted by Gasteiger charge is 2.42. The number of ether oxygens (including phenoxy) is 1. The van der Waals surface area contributed by atoms with E-state index < -0.39 is 0 Å². The molecule has 1 aromatic rings. The largest absolute Gasteiger partial charge is 0.375 e. The van der Waals surface area contributed by atoms with Gasteiger partial charge >= 0.3 is 6.03 Å². The van der Waals surface area contributed by atoms with E-state index in [1.807, 2.05) is 18.7 Å². The summed E-state index contributed by atoms with van der Waals surface area (Å²) in [5, 5.41) is 10.7. The molecule has 150 valence electrons. The highest BCUT2D eigenvalue weighted by molar-refractivity contribution is 5.74. The minimum absolute atomic E-state index is 0.0304. The first-order chi connectivity index (χ1) is 13.0. The van der Waals surface area contributed by atoms with Crippen molar-refractivity contribution < 1.29 is 9.53 Å². The predicted molar refractivity (Wildman–Crippen MR) is 105 cm³/mol. The predicted octanol–water partition coefficient (Wildman–Crippen LogP) is 2.35. The number of urea groups is 1. The highest BCUT2D eigenvalue weighted by atomic mass is 16.5. The maximum Gasteiger partial charge on any atom is 0.315 e. The lowest BCUT2D eigenvalue weighted by atomic mass is 9.72. The van der Waals surface area contributed by atoms with Crippen LogP contribution in [-0.4, -0.2) is 53.7 Å². The summed E-state index contributed by atoms with van der Waals surface area (Å²) in [6.45, 7) is 5.47. The van der Waals surface area contributed by atoms with Crippen molar-refractivity contribution in [3.8, 4) is 0 Å². The summed E-state index contributed by atoms with van der Waals surface area (Å²) in [6.07, 6.45) is 7.94. The molecule has 1 spiro atoms. The number of piperidine rings is 1. The van der Waals surface area contributed by atoms with E-state index in [2.05, 4.69) is 26.7 Å². The van der Waals surface area contributed by atoms with Gasteiger partial charge in [0.05, 0.1) is 11.3 Å². The van der Waals surface area contributed by atoms with E-state index in [1.54, 1.807) is 0 Å². The van der Waals surface area contributed by atoms with Gasteiger partial charge in [0.1, 0.15) is 5.82 Å². The molecule has 2 amide bonds. The van der Waals surface area contributed by atoms with Gasteiger partial charge in [-0.3, -0.25) is 4.68 Å². The number of nitrogens with zero attached hydrogens (tertiary/aromatic N) is 3. The fraction of sp³-hybridized carbons (Fsp3) is 0.800. The van der Waals surface area contributed by atoms with Crippen LogP contribution in [0.4, 0.5) is 10.6 Å². The van der Waals surface area contributed by atoms with Crippen LogP contribution in [0.5, 0.6) is 0 Å². The molecule has 1 saturated carbocycles. The molecular weight excluding hydrogens is 342 g/mol. The number of hydrogen-bond donors (Lipinski definition) is 2. The van der Waals surface area contributed by atoms with Gasteiger partial charge in [0, 0.05) is 45.4 Å². The van der Waals surface area contributed by atoms with Crippen molar-refractivity contribution in [2.75, 3.05) is 31.1 Å². The van der Waals surface area contributed by atoms with Crippen LogP contribution in [0.3, 0.4) is 0 Å². The van der Waals surface area contributed by atoms with Crippen molar-refractivity contribution in [3.63, 3.8) is 0 Å². The number of aromatic nitrogens is 2. The number of carbonyl (C=O) groups is 1. The number of hydrogen-bond acceptors (Lipinski definition) is 4. The Bertz CT molecular complexity index is 669. The summed E-state index contributed by atoms with van der Waals surface area (Å²) in [5.41, 5.74) is 1.17. The molecule has 3 fully saturated rings. The van der Waals surface area contributed by atoms with Crippen LogP contribution in [0, 0.1) is 12.8 Å². The van der Waals surface area contributed by atoms with Crippen LogP contribution >= 0.6 is 0 Å². The number of amides is 2. The fourth-order valence-electron chi connectivity index (χ4n) is 4.89. The van der Waals surface area contributed by atoms with E-state index >= 15 is 0 Å². The summed E-state index contributed by atoms with van der Waals surface area (Å²) in [7, 11) is 1.98. The maximum atomic E-state index is 12.4. The Balaban J connectivity index is 1.23. The fourth-order valence-corrected chi connectivity index (χ4v) is 4.89. The second-order valence-electron chi connectivity index (χ2n) is 8.65. The second-order valence-corrected chi connectivity index (χ2v) is 8.65. The molecule has 3 aliphatic rings. The topological polar surface area (TPSA) is 71.4 Å². The lowest BCUT2D eigenvalue weighted by Crippen LogP contribution is -2.52. The normalized spacial score (nSPS) is 27.3. The molecule has 7 heteroatoms. The molecule has 2 aliphatic heterocycles. The van der Waals surface area contributed by atoms with Crippen molar-refractivity contribution in [2.24, 2.45) is 13.0 Å². The van der Waals surface area contributed by atoms with Gasteiger partial charge < -0.3 is 20.3 Å². The van der Waals surface area contributed by atoms with Gasteiger partial charge in [0.2, 0.25) is 0 Å². The molecule has 0 aromatic carbocycles. The Morgan fingerprint density at radius 1 is 1.37 bits per heavy atom. The van der Waals surface area contributed by atoms with E-state index in [9.17, 15) is 4.79 Å². The Labute approximate surface area is 161 Å². The third-order valence-corrected chi connectivity index (χ3v) is 6.47. The Hall–Kier alpha value is -1.76. The van der Waals surface area contributed by atoms with Crippen LogP contribution in [0.2, 0.25) is 0 Å². The summed E-state index contributed by atoms with van der Waals surface area (Å²) in [4.78, 5) is 14.8. The van der Waals surface area contributed by atoms with Crippen LogP contribution < -0.4 is 15.5 Å². The van der Waals surface area contributed by atoms with Crippen molar-refractivity contribution in [1.82, 2.24) is 20.4 Å². The van der Waals surface area contributed by atoms with Gasteiger partial charge in [-0.1, -0.05) is 0 Å². The molecule has 1 aromatic heterocycles. The molecule has 2 N–H and O–H groups in total. The first-order valence-corrected chi connectivity index (χ1v) is 10.5. The minimum atomic E-state index is -0.0304. The Kier molecular flexibility index (Phi) is 5.30. The van der Waals surface area contributed by atoms with E-state index in [4.69, 9.17) is 4.74 Å². The van der Waals surface area contributed by atoms with E-state index in [0.29, 0.717) is 5.92 Å². The quantitative estimate of drug-likeness (QED) is 0.847. The third kappa shape index (κ3) is 4.23. The van der Waals surface area contributed by atoms with Crippen LogP contribution in [0.1, 0.15) is 50.6 Å². The average molecular weight is 376 g/mol. The van der Waals surface area contributed by atoms with Gasteiger partial charge in [-0.25, -0.2) is 4.79 Å². The SMILES string of the molecule is Cc1cc(N2CCCC(NC(=O)NCC3CCOC4(CCC4)C3)C2)n(C)n1. The first-order valence-electron chi connectivity index (χ1n) is 10.5. The van der Waals surface area contributed by atoms with E-state index in [-0.39, 0.29) is 17.7 Å². The molecule has 7 nitrogen and oxygen atoms in total. The lowest BCUT2D eigenvalue weighted by Gasteiger charge is -2.47. The minimum Gasteiger partial charge on any atom is -0.375 e. The van der Waals surface area contributed by atoms with Crippen LogP contribution in [0.25, 0.3) is 0 Å². The second kappa shape index (κ2) is 7.70. The molecule has 0 bridgehead atoms. The maximum absolute atomic E-state index is 12.4. The van der Waals surface area contributed by atoms with Crippen molar-refractivity contribution in [1.29, 1.82) is 0 Å². The zero-order valence-electron chi connectivity index (χ0n) is 16.7. The Morgan fingerprint density at radius 2 is 2.22 bits per heavy atom. The van der Waals surface area contributed by atoms with Crippen molar-refractivity contribution in [2.45, 2.75) is 63.5 Å². The van der Waals surface area contributed by atoms with Crippen molar-refractivity contribution in [3.05, 3.63) is 11.8 Å². The zero-order valence-corrected chi connectivity index (χ0v) is 16.7. The molecule has 2 atom stereocenters. The van der Waals surface area contributed by atoms with E-state index in [0.717, 1.165) is 63.4 Å².